The van der Waals surface area contributed by atoms with E-state index < -0.39 is 0 Å². The van der Waals surface area contributed by atoms with Gasteiger partial charge in [-0.3, -0.25) is 0 Å². The third-order valence-corrected chi connectivity index (χ3v) is 4.35. The molecule has 1 N–H and O–H groups in total. The van der Waals surface area contributed by atoms with Crippen LogP contribution in [0.5, 0.6) is 5.75 Å². The Morgan fingerprint density at radius 1 is 1.50 bits per heavy atom. The summed E-state index contributed by atoms with van der Waals surface area (Å²) in [7, 11) is 3.95. The topological polar surface area (TPSA) is 25.0 Å². The van der Waals surface area contributed by atoms with Gasteiger partial charge in [-0.15, -0.1) is 0 Å². The van der Waals surface area contributed by atoms with Crippen LogP contribution in [0.4, 0.5) is 0 Å². The van der Waals surface area contributed by atoms with Crippen molar-refractivity contribution in [2.24, 2.45) is 11.8 Å². The van der Waals surface area contributed by atoms with Crippen LogP contribution >= 0.6 is 0 Å². The highest BCUT2D eigenvalue weighted by atomic mass is 16.5. The molecule has 3 heteroatoms. The van der Waals surface area contributed by atoms with Crippen molar-refractivity contribution in [1.29, 1.82) is 0 Å². The Bertz CT molecular complexity index is 575. The van der Waals surface area contributed by atoms with E-state index in [0.717, 1.165) is 29.5 Å². The Balaban J connectivity index is 1.93. The number of nitrogens with one attached hydrogen (secondary N) is 1. The van der Waals surface area contributed by atoms with Crippen molar-refractivity contribution in [3.8, 4) is 5.75 Å². The third kappa shape index (κ3) is 1.92. The van der Waals surface area contributed by atoms with Crippen LogP contribution in [0.2, 0.25) is 0 Å². The minimum Gasteiger partial charge on any atom is -0.494 e. The highest BCUT2D eigenvalue weighted by Crippen LogP contribution is 2.42. The summed E-state index contributed by atoms with van der Waals surface area (Å²) in [6.07, 6.45) is 5.83. The van der Waals surface area contributed by atoms with E-state index in [-0.39, 0.29) is 0 Å². The standard InChI is InChI=1S/C15H20BNO/c1-9-7-10(9)3-4-11-8-13(16)12-5-6-17-14(12)15(11)18-2/h5-6,8-10,17H,3-4,7,16H2,1-2H3/t9?,10-/m0/s1. The predicted octanol–water partition coefficient (Wildman–Crippen LogP) is 2.02. The van der Waals surface area contributed by atoms with Crippen LogP contribution < -0.4 is 10.2 Å². The average Bonchev–Trinajstić information content (AvgIpc) is 2.87. The first-order valence-corrected chi connectivity index (χ1v) is 6.84. The van der Waals surface area contributed by atoms with Gasteiger partial charge in [0.2, 0.25) is 0 Å². The van der Waals surface area contributed by atoms with Gasteiger partial charge in [0.1, 0.15) is 13.6 Å². The van der Waals surface area contributed by atoms with E-state index in [1.165, 1.54) is 29.3 Å². The Hall–Kier alpha value is -1.38. The van der Waals surface area contributed by atoms with E-state index in [2.05, 4.69) is 31.9 Å². The van der Waals surface area contributed by atoms with E-state index in [9.17, 15) is 0 Å². The fourth-order valence-corrected chi connectivity index (χ4v) is 3.01. The molecule has 1 aliphatic rings. The number of aromatic amines is 1. The molecule has 2 nitrogen and oxygen atoms in total. The van der Waals surface area contributed by atoms with E-state index in [4.69, 9.17) is 4.74 Å². The van der Waals surface area contributed by atoms with Gasteiger partial charge in [-0.2, -0.15) is 0 Å². The van der Waals surface area contributed by atoms with Crippen LogP contribution in [-0.2, 0) is 6.42 Å². The number of ether oxygens (including phenoxy) is 1. The van der Waals surface area contributed by atoms with Crippen molar-refractivity contribution in [3.05, 3.63) is 23.9 Å². The number of aromatic nitrogens is 1. The average molecular weight is 241 g/mol. The Labute approximate surface area is 109 Å². The molecule has 1 aromatic carbocycles. The SMILES string of the molecule is Bc1cc(CC[C@H]2CC2C)c(OC)c2[nH]ccc12. The maximum absolute atomic E-state index is 5.62. The zero-order chi connectivity index (χ0) is 12.7. The smallest absolute Gasteiger partial charge is 0.146 e. The molecule has 2 aromatic rings. The summed E-state index contributed by atoms with van der Waals surface area (Å²) in [4.78, 5) is 3.31. The zero-order valence-corrected chi connectivity index (χ0v) is 11.4. The molecule has 2 atom stereocenters. The molecule has 1 saturated carbocycles. The summed E-state index contributed by atoms with van der Waals surface area (Å²) in [5, 5.41) is 1.27. The molecule has 18 heavy (non-hydrogen) atoms. The normalized spacial score (nSPS) is 22.3. The maximum atomic E-state index is 5.62. The summed E-state index contributed by atoms with van der Waals surface area (Å²) in [5.74, 6) is 2.91. The third-order valence-electron chi connectivity index (χ3n) is 4.35. The van der Waals surface area contributed by atoms with Crippen molar-refractivity contribution < 1.29 is 4.74 Å². The molecule has 0 spiro atoms. The van der Waals surface area contributed by atoms with Crippen molar-refractivity contribution in [1.82, 2.24) is 4.98 Å². The fourth-order valence-electron chi connectivity index (χ4n) is 3.01. The molecule has 3 rings (SSSR count). The Morgan fingerprint density at radius 3 is 2.94 bits per heavy atom. The van der Waals surface area contributed by atoms with E-state index in [1.807, 2.05) is 6.20 Å². The fraction of sp³-hybridized carbons (Fsp3) is 0.467. The quantitative estimate of drug-likeness (QED) is 0.814. The molecule has 1 aliphatic carbocycles. The largest absolute Gasteiger partial charge is 0.494 e. The lowest BCUT2D eigenvalue weighted by Gasteiger charge is -2.12. The summed E-state index contributed by atoms with van der Waals surface area (Å²) in [5.41, 5.74) is 3.84. The molecule has 0 aliphatic heterocycles. The highest BCUT2D eigenvalue weighted by molar-refractivity contribution is 6.39. The molecule has 0 bridgehead atoms. The van der Waals surface area contributed by atoms with Gasteiger partial charge < -0.3 is 9.72 Å². The molecule has 94 valence electrons. The minimum atomic E-state index is 0.936. The van der Waals surface area contributed by atoms with Crippen LogP contribution in [-0.4, -0.2) is 19.9 Å². The number of benzene rings is 1. The first kappa shape index (κ1) is 11.7. The second-order valence-electron chi connectivity index (χ2n) is 5.66. The van der Waals surface area contributed by atoms with Crippen LogP contribution in [0.25, 0.3) is 10.9 Å². The monoisotopic (exact) mass is 241 g/mol. The lowest BCUT2D eigenvalue weighted by atomic mass is 9.88. The lowest BCUT2D eigenvalue weighted by molar-refractivity contribution is 0.413. The molecule has 1 unspecified atom stereocenters. The van der Waals surface area contributed by atoms with E-state index in [0.29, 0.717) is 0 Å². The molecular formula is C15H20BNO. The van der Waals surface area contributed by atoms with Gasteiger partial charge in [0.25, 0.3) is 0 Å². The minimum absolute atomic E-state index is 0.936. The second kappa shape index (κ2) is 4.38. The second-order valence-corrected chi connectivity index (χ2v) is 5.66. The number of hydrogen-bond donors (Lipinski definition) is 1. The molecule has 1 aromatic heterocycles. The lowest BCUT2D eigenvalue weighted by Crippen LogP contribution is -2.07. The Kier molecular flexibility index (Phi) is 2.85. The van der Waals surface area contributed by atoms with Gasteiger partial charge in [-0.25, -0.2) is 0 Å². The van der Waals surface area contributed by atoms with Gasteiger partial charge in [0, 0.05) is 6.20 Å². The molecule has 0 amide bonds. The van der Waals surface area contributed by atoms with Crippen LogP contribution in [0.1, 0.15) is 25.3 Å². The summed E-state index contributed by atoms with van der Waals surface area (Å²) in [6, 6.07) is 4.42. The van der Waals surface area contributed by atoms with Gasteiger partial charge in [0.05, 0.1) is 12.6 Å². The van der Waals surface area contributed by atoms with Gasteiger partial charge >= 0.3 is 0 Å². The van der Waals surface area contributed by atoms with Crippen molar-refractivity contribution in [3.63, 3.8) is 0 Å². The number of hydrogen-bond acceptors (Lipinski definition) is 1. The summed E-state index contributed by atoms with van der Waals surface area (Å²) < 4.78 is 5.62. The van der Waals surface area contributed by atoms with Crippen LogP contribution in [0.15, 0.2) is 18.3 Å². The molecule has 0 saturated heterocycles. The molecular weight excluding hydrogens is 221 g/mol. The first-order chi connectivity index (χ1) is 8.70. The van der Waals surface area contributed by atoms with E-state index in [1.54, 1.807) is 7.11 Å². The zero-order valence-electron chi connectivity index (χ0n) is 11.4. The van der Waals surface area contributed by atoms with Gasteiger partial charge in [0.15, 0.2) is 0 Å². The number of H-pyrrole nitrogens is 1. The number of aryl methyl sites for hydroxylation is 1. The maximum Gasteiger partial charge on any atom is 0.146 e. The molecule has 1 heterocycles. The molecule has 1 fully saturated rings. The van der Waals surface area contributed by atoms with Crippen molar-refractivity contribution in [2.75, 3.05) is 7.11 Å². The molecule has 0 radical (unpaired) electrons. The van der Waals surface area contributed by atoms with Crippen LogP contribution in [0.3, 0.4) is 0 Å². The summed E-state index contributed by atoms with van der Waals surface area (Å²) >= 11 is 0. The number of fused-ring (bicyclic) bond motifs is 1. The number of rotatable bonds is 4. The first-order valence-electron chi connectivity index (χ1n) is 6.84. The number of methoxy groups -OCH3 is 1. The van der Waals surface area contributed by atoms with Crippen LogP contribution in [0, 0.1) is 11.8 Å². The Morgan fingerprint density at radius 2 is 2.28 bits per heavy atom. The van der Waals surface area contributed by atoms with Gasteiger partial charge in [-0.05, 0) is 48.1 Å². The van der Waals surface area contributed by atoms with Crippen molar-refractivity contribution >= 4 is 24.2 Å². The van der Waals surface area contributed by atoms with Crippen molar-refractivity contribution in [2.45, 2.75) is 26.2 Å². The van der Waals surface area contributed by atoms with Gasteiger partial charge in [-0.1, -0.05) is 18.5 Å². The summed E-state index contributed by atoms with van der Waals surface area (Å²) in [6.45, 7) is 2.35. The predicted molar refractivity (Wildman–Crippen MR) is 78.6 cm³/mol. The highest BCUT2D eigenvalue weighted by Gasteiger charge is 2.31. The van der Waals surface area contributed by atoms with E-state index >= 15 is 0 Å².